The van der Waals surface area contributed by atoms with E-state index in [1.165, 1.54) is 0 Å². The van der Waals surface area contributed by atoms with Gasteiger partial charge in [0.05, 0.1) is 18.0 Å². The molecule has 0 amide bonds. The van der Waals surface area contributed by atoms with Gasteiger partial charge in [-0.15, -0.1) is 0 Å². The number of ether oxygens (including phenoxy) is 1. The smallest absolute Gasteiger partial charge is 0.317 e. The highest BCUT2D eigenvalue weighted by molar-refractivity contribution is 7.89. The summed E-state index contributed by atoms with van der Waals surface area (Å²) in [6.45, 7) is 2.97. The Bertz CT molecular complexity index is 654. The van der Waals surface area contributed by atoms with Crippen LogP contribution in [0.1, 0.15) is 25.3 Å². The van der Waals surface area contributed by atoms with Gasteiger partial charge in [-0.2, -0.15) is 0 Å². The van der Waals surface area contributed by atoms with Crippen molar-refractivity contribution in [3.05, 3.63) is 29.8 Å². The van der Waals surface area contributed by atoms with Crippen molar-refractivity contribution in [2.75, 3.05) is 20.2 Å². The van der Waals surface area contributed by atoms with Crippen LogP contribution in [0.5, 0.6) is 0 Å². The van der Waals surface area contributed by atoms with Gasteiger partial charge in [0.2, 0.25) is 10.0 Å². The maximum absolute atomic E-state index is 12.4. The molecule has 2 rings (SSSR count). The third kappa shape index (κ3) is 4.76. The molecule has 2 N–H and O–H groups in total. The number of hydrogen-bond acceptors (Lipinski definition) is 5. The van der Waals surface area contributed by atoms with Crippen molar-refractivity contribution in [1.29, 1.82) is 0 Å². The fourth-order valence-corrected chi connectivity index (χ4v) is 4.14. The topological polar surface area (TPSA) is 95.9 Å². The first-order chi connectivity index (χ1) is 11.4. The molecule has 0 radical (unpaired) electrons. The Morgan fingerprint density at radius 2 is 1.96 bits per heavy atom. The van der Waals surface area contributed by atoms with Crippen LogP contribution in [0.25, 0.3) is 0 Å². The maximum atomic E-state index is 12.4. The van der Waals surface area contributed by atoms with E-state index in [1.807, 2.05) is 11.8 Å². The molecule has 24 heavy (non-hydrogen) atoms. The summed E-state index contributed by atoms with van der Waals surface area (Å²) in [5, 5.41) is 8.88. The summed E-state index contributed by atoms with van der Waals surface area (Å²) in [4.78, 5) is 12.9. The van der Waals surface area contributed by atoms with Crippen molar-refractivity contribution in [2.45, 2.75) is 43.4 Å². The van der Waals surface area contributed by atoms with Crippen LogP contribution in [0, 0.1) is 0 Å². The maximum Gasteiger partial charge on any atom is 0.317 e. The third-order valence-corrected chi connectivity index (χ3v) is 5.78. The lowest BCUT2D eigenvalue weighted by Crippen LogP contribution is -2.54. The monoisotopic (exact) mass is 356 g/mol. The van der Waals surface area contributed by atoms with Gasteiger partial charge in [-0.25, -0.2) is 13.1 Å². The number of methoxy groups -OCH3 is 1. The summed E-state index contributed by atoms with van der Waals surface area (Å²) in [6, 6.07) is 6.55. The van der Waals surface area contributed by atoms with Crippen LogP contribution in [0.15, 0.2) is 29.2 Å². The Morgan fingerprint density at radius 3 is 2.46 bits per heavy atom. The largest absolute Gasteiger partial charge is 0.480 e. The van der Waals surface area contributed by atoms with Crippen LogP contribution in [0.3, 0.4) is 0 Å². The number of rotatable bonds is 9. The minimum Gasteiger partial charge on any atom is -0.480 e. The first-order valence-electron chi connectivity index (χ1n) is 7.91. The van der Waals surface area contributed by atoms with Gasteiger partial charge in [-0.3, -0.25) is 9.69 Å². The highest BCUT2D eigenvalue weighted by atomic mass is 32.2. The van der Waals surface area contributed by atoms with E-state index in [-0.39, 0.29) is 23.5 Å². The summed E-state index contributed by atoms with van der Waals surface area (Å²) < 4.78 is 32.5. The molecule has 0 atom stereocenters. The first-order valence-corrected chi connectivity index (χ1v) is 9.40. The zero-order chi connectivity index (χ0) is 17.7. The zero-order valence-electron chi connectivity index (χ0n) is 13.9. The molecule has 1 aromatic carbocycles. The molecule has 0 aliphatic heterocycles. The molecule has 0 unspecified atom stereocenters. The number of likely N-dealkylation sites (N-methyl/N-ethyl adjacent to an activating group) is 1. The lowest BCUT2D eigenvalue weighted by Gasteiger charge is -2.42. The fraction of sp³-hybridized carbons (Fsp3) is 0.562. The molecule has 8 heteroatoms. The SMILES string of the molecule is CCN(CC(=O)O)C1CC(NS(=O)(=O)c2ccc(COC)cc2)C1. The minimum absolute atomic E-state index is 0.0123. The van der Waals surface area contributed by atoms with E-state index in [0.717, 1.165) is 5.56 Å². The normalized spacial score (nSPS) is 20.8. The highest BCUT2D eigenvalue weighted by Crippen LogP contribution is 2.27. The number of hydrogen-bond donors (Lipinski definition) is 2. The molecule has 0 heterocycles. The second kappa shape index (κ2) is 8.06. The van der Waals surface area contributed by atoms with Gasteiger partial charge < -0.3 is 9.84 Å². The van der Waals surface area contributed by atoms with E-state index < -0.39 is 16.0 Å². The summed E-state index contributed by atoms with van der Waals surface area (Å²) in [5.74, 6) is -0.864. The molecule has 0 spiro atoms. The van der Waals surface area contributed by atoms with Gasteiger partial charge in [0.25, 0.3) is 0 Å². The fourth-order valence-electron chi connectivity index (χ4n) is 2.87. The summed E-state index contributed by atoms with van der Waals surface area (Å²) in [7, 11) is -1.97. The number of carbonyl (C=O) groups is 1. The number of aliphatic carboxylic acids is 1. The molecule has 0 bridgehead atoms. The van der Waals surface area contributed by atoms with Crippen LogP contribution in [-0.2, 0) is 26.2 Å². The van der Waals surface area contributed by atoms with E-state index in [1.54, 1.807) is 31.4 Å². The summed E-state index contributed by atoms with van der Waals surface area (Å²) >= 11 is 0. The van der Waals surface area contributed by atoms with Crippen molar-refractivity contribution < 1.29 is 23.1 Å². The van der Waals surface area contributed by atoms with Gasteiger partial charge in [0.1, 0.15) is 0 Å². The minimum atomic E-state index is -3.56. The lowest BCUT2D eigenvalue weighted by molar-refractivity contribution is -0.139. The molecule has 0 aromatic heterocycles. The molecule has 1 fully saturated rings. The summed E-state index contributed by atoms with van der Waals surface area (Å²) in [6.07, 6.45) is 1.25. The second-order valence-corrected chi connectivity index (χ2v) is 7.69. The molecule has 134 valence electrons. The van der Waals surface area contributed by atoms with Crippen molar-refractivity contribution in [2.24, 2.45) is 0 Å². The Labute approximate surface area is 142 Å². The lowest BCUT2D eigenvalue weighted by atomic mass is 9.86. The Kier molecular flexibility index (Phi) is 6.34. The van der Waals surface area contributed by atoms with Crippen LogP contribution in [-0.4, -0.2) is 56.7 Å². The number of nitrogens with one attached hydrogen (secondary N) is 1. The number of carboxylic acids is 1. The Hall–Kier alpha value is -1.48. The van der Waals surface area contributed by atoms with Crippen molar-refractivity contribution in [1.82, 2.24) is 9.62 Å². The molecule has 1 saturated carbocycles. The van der Waals surface area contributed by atoms with Crippen LogP contribution in [0.4, 0.5) is 0 Å². The third-order valence-electron chi connectivity index (χ3n) is 4.24. The van der Waals surface area contributed by atoms with Gasteiger partial charge >= 0.3 is 5.97 Å². The molecular formula is C16H24N2O5S. The Morgan fingerprint density at radius 1 is 1.33 bits per heavy atom. The van der Waals surface area contributed by atoms with Crippen molar-refractivity contribution in [3.8, 4) is 0 Å². The predicted molar refractivity (Wildman–Crippen MR) is 89.2 cm³/mol. The van der Waals surface area contributed by atoms with Crippen LogP contribution < -0.4 is 4.72 Å². The van der Waals surface area contributed by atoms with Crippen LogP contribution in [0.2, 0.25) is 0 Å². The van der Waals surface area contributed by atoms with Crippen molar-refractivity contribution in [3.63, 3.8) is 0 Å². The number of carboxylic acid groups (broad SMARTS) is 1. The van der Waals surface area contributed by atoms with Gasteiger partial charge in [-0.05, 0) is 37.1 Å². The standard InChI is InChI=1S/C16H24N2O5S/c1-3-18(10-16(19)20)14-8-13(9-14)17-24(21,22)15-6-4-12(5-7-15)11-23-2/h4-7,13-14,17H,3,8-11H2,1-2H3,(H,19,20). The van der Waals surface area contributed by atoms with Gasteiger partial charge in [0, 0.05) is 19.2 Å². The quantitative estimate of drug-likeness (QED) is 0.687. The average Bonchev–Trinajstić information content (AvgIpc) is 2.49. The zero-order valence-corrected chi connectivity index (χ0v) is 14.8. The van der Waals surface area contributed by atoms with E-state index in [4.69, 9.17) is 9.84 Å². The number of benzene rings is 1. The second-order valence-electron chi connectivity index (χ2n) is 5.98. The average molecular weight is 356 g/mol. The Balaban J connectivity index is 1.91. The van der Waals surface area contributed by atoms with Gasteiger partial charge in [0.15, 0.2) is 0 Å². The molecule has 1 aliphatic carbocycles. The number of nitrogens with zero attached hydrogens (tertiary/aromatic N) is 1. The van der Waals surface area contributed by atoms with Crippen molar-refractivity contribution >= 4 is 16.0 Å². The van der Waals surface area contributed by atoms with E-state index in [2.05, 4.69) is 4.72 Å². The molecule has 7 nitrogen and oxygen atoms in total. The molecular weight excluding hydrogens is 332 g/mol. The van der Waals surface area contributed by atoms with E-state index in [9.17, 15) is 13.2 Å². The van der Waals surface area contributed by atoms with E-state index >= 15 is 0 Å². The highest BCUT2D eigenvalue weighted by Gasteiger charge is 2.36. The first kappa shape index (κ1) is 18.9. The molecule has 0 saturated heterocycles. The molecule has 1 aliphatic rings. The molecule has 1 aromatic rings. The summed E-state index contributed by atoms with van der Waals surface area (Å²) in [5.41, 5.74) is 0.910. The van der Waals surface area contributed by atoms with Crippen LogP contribution >= 0.6 is 0 Å². The number of sulfonamides is 1. The van der Waals surface area contributed by atoms with Gasteiger partial charge in [-0.1, -0.05) is 19.1 Å². The predicted octanol–water partition coefficient (Wildman–Crippen LogP) is 1.05. The van der Waals surface area contributed by atoms with E-state index in [0.29, 0.717) is 26.0 Å².